The van der Waals surface area contributed by atoms with Gasteiger partial charge in [-0.3, -0.25) is 9.59 Å². The number of hydrogen-bond donors (Lipinski definition) is 0. The van der Waals surface area contributed by atoms with Crippen LogP contribution in [0.3, 0.4) is 0 Å². The maximum atomic E-state index is 12.4. The normalized spacial score (nSPS) is 14.1. The lowest BCUT2D eigenvalue weighted by Crippen LogP contribution is -2.37. The first-order chi connectivity index (χ1) is 9.65. The van der Waals surface area contributed by atoms with E-state index in [1.165, 1.54) is 4.90 Å². The summed E-state index contributed by atoms with van der Waals surface area (Å²) in [6.45, 7) is 2.62. The van der Waals surface area contributed by atoms with E-state index < -0.39 is 5.97 Å². The van der Waals surface area contributed by atoms with Crippen molar-refractivity contribution >= 4 is 11.9 Å². The Bertz CT molecular complexity index is 514. The van der Waals surface area contributed by atoms with Crippen molar-refractivity contribution in [3.63, 3.8) is 0 Å². The van der Waals surface area contributed by atoms with Crippen molar-refractivity contribution in [1.82, 2.24) is 4.90 Å². The van der Waals surface area contributed by atoms with Crippen LogP contribution in [0.1, 0.15) is 17.3 Å². The van der Waals surface area contributed by atoms with Crippen molar-refractivity contribution < 1.29 is 23.8 Å². The molecular formula is C14H17NO5. The highest BCUT2D eigenvalue weighted by atomic mass is 16.5. The van der Waals surface area contributed by atoms with Gasteiger partial charge in [0.25, 0.3) is 5.91 Å². The summed E-state index contributed by atoms with van der Waals surface area (Å²) >= 11 is 0. The van der Waals surface area contributed by atoms with Crippen molar-refractivity contribution in [1.29, 1.82) is 0 Å². The lowest BCUT2D eigenvalue weighted by atomic mass is 10.1. The fraction of sp³-hybridized carbons (Fsp3) is 0.429. The molecule has 1 aliphatic rings. The number of rotatable bonds is 4. The molecule has 0 spiro atoms. The SMILES string of the molecule is CCOC(=O)CN1CCOc2cc(OC)ccc2C1=O. The van der Waals surface area contributed by atoms with Gasteiger partial charge in [-0.15, -0.1) is 0 Å². The lowest BCUT2D eigenvalue weighted by molar-refractivity contribution is -0.143. The number of fused-ring (bicyclic) bond motifs is 1. The highest BCUT2D eigenvalue weighted by Crippen LogP contribution is 2.27. The zero-order valence-electron chi connectivity index (χ0n) is 11.5. The molecule has 0 saturated carbocycles. The van der Waals surface area contributed by atoms with Crippen LogP contribution in [0, 0.1) is 0 Å². The molecule has 1 aromatic carbocycles. The molecule has 0 bridgehead atoms. The standard InChI is InChI=1S/C14H17NO5/c1-3-19-13(16)9-15-6-7-20-12-8-10(18-2)4-5-11(12)14(15)17/h4-5,8H,3,6-7,9H2,1-2H3. The summed E-state index contributed by atoms with van der Waals surface area (Å²) in [6, 6.07) is 5.00. The number of methoxy groups -OCH3 is 1. The third-order valence-corrected chi connectivity index (χ3v) is 2.95. The van der Waals surface area contributed by atoms with Crippen molar-refractivity contribution in [2.24, 2.45) is 0 Å². The van der Waals surface area contributed by atoms with Crippen LogP contribution < -0.4 is 9.47 Å². The molecule has 1 aliphatic heterocycles. The lowest BCUT2D eigenvalue weighted by Gasteiger charge is -2.18. The fourth-order valence-corrected chi connectivity index (χ4v) is 1.98. The predicted octanol–water partition coefficient (Wildman–Crippen LogP) is 1.09. The van der Waals surface area contributed by atoms with Gasteiger partial charge in [0, 0.05) is 6.07 Å². The van der Waals surface area contributed by atoms with E-state index >= 15 is 0 Å². The summed E-state index contributed by atoms with van der Waals surface area (Å²) in [5.41, 5.74) is 0.424. The van der Waals surface area contributed by atoms with Gasteiger partial charge < -0.3 is 19.1 Å². The number of hydrogen-bond acceptors (Lipinski definition) is 5. The van der Waals surface area contributed by atoms with Crippen LogP contribution >= 0.6 is 0 Å². The molecule has 6 heteroatoms. The first-order valence-corrected chi connectivity index (χ1v) is 6.41. The molecule has 6 nitrogen and oxygen atoms in total. The Kier molecular flexibility index (Phi) is 4.45. The minimum atomic E-state index is -0.419. The third-order valence-electron chi connectivity index (χ3n) is 2.95. The molecule has 0 fully saturated rings. The molecule has 2 rings (SSSR count). The quantitative estimate of drug-likeness (QED) is 0.772. The summed E-state index contributed by atoms with van der Waals surface area (Å²) in [6.07, 6.45) is 0. The number of ether oxygens (including phenoxy) is 3. The van der Waals surface area contributed by atoms with Crippen LogP contribution in [0.15, 0.2) is 18.2 Å². The largest absolute Gasteiger partial charge is 0.497 e. The van der Waals surface area contributed by atoms with Gasteiger partial charge in [-0.2, -0.15) is 0 Å². The van der Waals surface area contributed by atoms with Crippen molar-refractivity contribution in [2.75, 3.05) is 33.4 Å². The van der Waals surface area contributed by atoms with E-state index in [0.29, 0.717) is 36.8 Å². The Morgan fingerprint density at radius 1 is 1.45 bits per heavy atom. The zero-order chi connectivity index (χ0) is 14.5. The number of amides is 1. The molecule has 0 saturated heterocycles. The second-order valence-corrected chi connectivity index (χ2v) is 4.24. The molecule has 0 aromatic heterocycles. The van der Waals surface area contributed by atoms with Gasteiger partial charge in [-0.05, 0) is 19.1 Å². The van der Waals surface area contributed by atoms with Crippen LogP contribution in [0.4, 0.5) is 0 Å². The van der Waals surface area contributed by atoms with Crippen LogP contribution in [0.25, 0.3) is 0 Å². The van der Waals surface area contributed by atoms with E-state index in [2.05, 4.69) is 0 Å². The summed E-state index contributed by atoms with van der Waals surface area (Å²) in [4.78, 5) is 25.3. The molecule has 1 amide bonds. The summed E-state index contributed by atoms with van der Waals surface area (Å²) in [5, 5.41) is 0. The van der Waals surface area contributed by atoms with E-state index in [4.69, 9.17) is 14.2 Å². The maximum Gasteiger partial charge on any atom is 0.325 e. The van der Waals surface area contributed by atoms with Gasteiger partial charge >= 0.3 is 5.97 Å². The highest BCUT2D eigenvalue weighted by molar-refractivity contribution is 5.98. The summed E-state index contributed by atoms with van der Waals surface area (Å²) in [5.74, 6) is 0.433. The van der Waals surface area contributed by atoms with Crippen LogP contribution in [0.2, 0.25) is 0 Å². The number of nitrogens with zero attached hydrogens (tertiary/aromatic N) is 1. The Morgan fingerprint density at radius 3 is 2.95 bits per heavy atom. The molecule has 20 heavy (non-hydrogen) atoms. The van der Waals surface area contributed by atoms with E-state index in [1.54, 1.807) is 32.2 Å². The highest BCUT2D eigenvalue weighted by Gasteiger charge is 2.25. The molecule has 0 N–H and O–H groups in total. The number of carbonyl (C=O) groups is 2. The fourth-order valence-electron chi connectivity index (χ4n) is 1.98. The van der Waals surface area contributed by atoms with Crippen molar-refractivity contribution in [3.8, 4) is 11.5 Å². The first-order valence-electron chi connectivity index (χ1n) is 6.41. The first kappa shape index (κ1) is 14.2. The predicted molar refractivity (Wildman–Crippen MR) is 71.0 cm³/mol. The smallest absolute Gasteiger partial charge is 0.325 e. The molecule has 108 valence electrons. The average molecular weight is 279 g/mol. The van der Waals surface area contributed by atoms with Gasteiger partial charge in [0.2, 0.25) is 0 Å². The van der Waals surface area contributed by atoms with Crippen molar-refractivity contribution in [2.45, 2.75) is 6.92 Å². The molecule has 1 heterocycles. The molecule has 0 aliphatic carbocycles. The van der Waals surface area contributed by atoms with Crippen molar-refractivity contribution in [3.05, 3.63) is 23.8 Å². The van der Waals surface area contributed by atoms with Gasteiger partial charge in [-0.1, -0.05) is 0 Å². The Morgan fingerprint density at radius 2 is 2.25 bits per heavy atom. The topological polar surface area (TPSA) is 65.1 Å². The van der Waals surface area contributed by atoms with Gasteiger partial charge in [0.1, 0.15) is 24.7 Å². The minimum absolute atomic E-state index is 0.0680. The van der Waals surface area contributed by atoms with E-state index in [1.807, 2.05) is 0 Å². The summed E-state index contributed by atoms with van der Waals surface area (Å²) in [7, 11) is 1.55. The van der Waals surface area contributed by atoms with Crippen LogP contribution in [0.5, 0.6) is 11.5 Å². The zero-order valence-corrected chi connectivity index (χ0v) is 11.5. The van der Waals surface area contributed by atoms with Gasteiger partial charge in [0.05, 0.1) is 25.8 Å². The third kappa shape index (κ3) is 3.01. The van der Waals surface area contributed by atoms with E-state index in [9.17, 15) is 9.59 Å². The van der Waals surface area contributed by atoms with Gasteiger partial charge in [-0.25, -0.2) is 0 Å². The van der Waals surface area contributed by atoms with Crippen LogP contribution in [-0.2, 0) is 9.53 Å². The number of benzene rings is 1. The molecule has 0 radical (unpaired) electrons. The molecule has 1 aromatic rings. The Labute approximate surface area is 117 Å². The number of esters is 1. The second kappa shape index (κ2) is 6.27. The van der Waals surface area contributed by atoms with E-state index in [-0.39, 0.29) is 12.5 Å². The Hall–Kier alpha value is -2.24. The van der Waals surface area contributed by atoms with Gasteiger partial charge in [0.15, 0.2) is 0 Å². The molecule has 0 atom stereocenters. The molecular weight excluding hydrogens is 262 g/mol. The second-order valence-electron chi connectivity index (χ2n) is 4.24. The molecule has 0 unspecified atom stereocenters. The maximum absolute atomic E-state index is 12.4. The minimum Gasteiger partial charge on any atom is -0.497 e. The average Bonchev–Trinajstić information content (AvgIpc) is 2.59. The Balaban J connectivity index is 2.19. The monoisotopic (exact) mass is 279 g/mol. The van der Waals surface area contributed by atoms with Crippen LogP contribution in [-0.4, -0.2) is 50.2 Å². The summed E-state index contributed by atoms with van der Waals surface area (Å²) < 4.78 is 15.5. The number of carbonyl (C=O) groups excluding carboxylic acids is 2. The van der Waals surface area contributed by atoms with E-state index in [0.717, 1.165) is 0 Å².